The Hall–Kier alpha value is -1.12. The van der Waals surface area contributed by atoms with Crippen LogP contribution in [0.5, 0.6) is 0 Å². The Balaban J connectivity index is 1.89. The van der Waals surface area contributed by atoms with E-state index < -0.39 is 0 Å². The van der Waals surface area contributed by atoms with E-state index in [0.717, 1.165) is 19.3 Å². The van der Waals surface area contributed by atoms with Gasteiger partial charge in [0, 0.05) is 4.70 Å². The Kier molecular flexibility index (Phi) is 3.23. The van der Waals surface area contributed by atoms with Gasteiger partial charge >= 0.3 is 0 Å². The summed E-state index contributed by atoms with van der Waals surface area (Å²) in [4.78, 5) is 0. The average molecular weight is 272 g/mol. The highest BCUT2D eigenvalue weighted by Crippen LogP contribution is 2.38. The summed E-state index contributed by atoms with van der Waals surface area (Å²) < 4.78 is 1.36. The minimum atomic E-state index is -0.274. The fraction of sp³-hybridized carbons (Fsp3) is 0.412. The SMILES string of the molecule is CC1(C)CC(Cc2csc3ccccc23)=CC(O)C1. The van der Waals surface area contributed by atoms with Crippen molar-refractivity contribution in [3.8, 4) is 0 Å². The number of rotatable bonds is 2. The van der Waals surface area contributed by atoms with E-state index in [1.54, 1.807) is 0 Å². The lowest BCUT2D eigenvalue weighted by Crippen LogP contribution is -2.25. The topological polar surface area (TPSA) is 20.2 Å². The zero-order chi connectivity index (χ0) is 13.5. The van der Waals surface area contributed by atoms with Crippen LogP contribution in [-0.2, 0) is 6.42 Å². The highest BCUT2D eigenvalue weighted by atomic mass is 32.1. The van der Waals surface area contributed by atoms with E-state index in [4.69, 9.17) is 0 Å². The fourth-order valence-corrected chi connectivity index (χ4v) is 4.14. The molecule has 1 unspecified atom stereocenters. The van der Waals surface area contributed by atoms with Crippen LogP contribution < -0.4 is 0 Å². The Bertz CT molecular complexity index is 621. The quantitative estimate of drug-likeness (QED) is 0.795. The molecule has 3 rings (SSSR count). The monoisotopic (exact) mass is 272 g/mol. The number of hydrogen-bond donors (Lipinski definition) is 1. The van der Waals surface area contributed by atoms with Crippen molar-refractivity contribution in [2.45, 2.75) is 39.2 Å². The van der Waals surface area contributed by atoms with Gasteiger partial charge in [-0.2, -0.15) is 0 Å². The molecule has 1 aliphatic carbocycles. The van der Waals surface area contributed by atoms with Crippen molar-refractivity contribution in [2.75, 3.05) is 0 Å². The van der Waals surface area contributed by atoms with Gasteiger partial charge in [-0.25, -0.2) is 0 Å². The number of allylic oxidation sites excluding steroid dienone is 1. The van der Waals surface area contributed by atoms with Crippen molar-refractivity contribution in [1.82, 2.24) is 0 Å². The number of hydrogen-bond acceptors (Lipinski definition) is 2. The lowest BCUT2D eigenvalue weighted by Gasteiger charge is -2.32. The van der Waals surface area contributed by atoms with Crippen molar-refractivity contribution in [3.05, 3.63) is 46.9 Å². The van der Waals surface area contributed by atoms with Crippen molar-refractivity contribution < 1.29 is 5.11 Å². The largest absolute Gasteiger partial charge is 0.389 e. The van der Waals surface area contributed by atoms with Crippen molar-refractivity contribution in [3.63, 3.8) is 0 Å². The van der Waals surface area contributed by atoms with Gasteiger partial charge in [-0.1, -0.05) is 43.7 Å². The zero-order valence-corrected chi connectivity index (χ0v) is 12.3. The molecule has 0 saturated carbocycles. The number of thiophene rings is 1. The molecule has 1 aromatic heterocycles. The van der Waals surface area contributed by atoms with Crippen LogP contribution in [0.1, 0.15) is 32.3 Å². The molecule has 0 fully saturated rings. The molecule has 0 amide bonds. The maximum atomic E-state index is 9.98. The predicted octanol–water partition coefficient (Wildman–Crippen LogP) is 4.55. The maximum absolute atomic E-state index is 9.98. The third kappa shape index (κ3) is 2.75. The molecule has 0 spiro atoms. The lowest BCUT2D eigenvalue weighted by atomic mass is 9.75. The summed E-state index contributed by atoms with van der Waals surface area (Å²) in [6.45, 7) is 4.49. The summed E-state index contributed by atoms with van der Waals surface area (Å²) >= 11 is 1.81. The van der Waals surface area contributed by atoms with Gasteiger partial charge in [0.2, 0.25) is 0 Å². The molecule has 1 heterocycles. The van der Waals surface area contributed by atoms with Gasteiger partial charge in [0.1, 0.15) is 0 Å². The van der Waals surface area contributed by atoms with Crippen LogP contribution in [0.2, 0.25) is 0 Å². The highest BCUT2D eigenvalue weighted by Gasteiger charge is 2.27. The molecular formula is C17H20OS. The highest BCUT2D eigenvalue weighted by molar-refractivity contribution is 7.17. The van der Waals surface area contributed by atoms with Crippen LogP contribution in [-0.4, -0.2) is 11.2 Å². The van der Waals surface area contributed by atoms with Gasteiger partial charge in [-0.15, -0.1) is 11.3 Å². The molecule has 2 heteroatoms. The van der Waals surface area contributed by atoms with E-state index in [9.17, 15) is 5.11 Å². The Morgan fingerprint density at radius 3 is 2.89 bits per heavy atom. The van der Waals surface area contributed by atoms with Gasteiger partial charge in [-0.3, -0.25) is 0 Å². The molecule has 0 saturated heterocycles. The minimum absolute atomic E-state index is 0.218. The van der Waals surface area contributed by atoms with Crippen LogP contribution in [0.4, 0.5) is 0 Å². The zero-order valence-electron chi connectivity index (χ0n) is 11.5. The Morgan fingerprint density at radius 1 is 1.32 bits per heavy atom. The Morgan fingerprint density at radius 2 is 2.11 bits per heavy atom. The van der Waals surface area contributed by atoms with Crippen LogP contribution in [0, 0.1) is 5.41 Å². The molecule has 19 heavy (non-hydrogen) atoms. The number of aliphatic hydroxyl groups excluding tert-OH is 1. The number of fused-ring (bicyclic) bond motifs is 1. The van der Waals surface area contributed by atoms with Crippen molar-refractivity contribution >= 4 is 21.4 Å². The van der Waals surface area contributed by atoms with Gasteiger partial charge in [0.25, 0.3) is 0 Å². The average Bonchev–Trinajstić information content (AvgIpc) is 2.70. The number of benzene rings is 1. The maximum Gasteiger partial charge on any atom is 0.0728 e. The third-order valence-corrected chi connectivity index (χ3v) is 4.89. The molecule has 100 valence electrons. The summed E-state index contributed by atoms with van der Waals surface area (Å²) in [6.07, 6.45) is 4.74. The third-order valence-electron chi connectivity index (χ3n) is 3.87. The summed E-state index contributed by atoms with van der Waals surface area (Å²) in [5.41, 5.74) is 3.00. The van der Waals surface area contributed by atoms with Gasteiger partial charge in [-0.05, 0) is 47.1 Å². The normalized spacial score (nSPS) is 22.5. The van der Waals surface area contributed by atoms with E-state index in [1.165, 1.54) is 21.2 Å². The van der Waals surface area contributed by atoms with Crippen LogP contribution in [0.15, 0.2) is 41.3 Å². The molecule has 0 aliphatic heterocycles. The second-order valence-electron chi connectivity index (χ2n) is 6.37. The van der Waals surface area contributed by atoms with Crippen molar-refractivity contribution in [1.29, 1.82) is 0 Å². The molecule has 2 aromatic rings. The summed E-state index contributed by atoms with van der Waals surface area (Å²) in [6, 6.07) is 8.58. The lowest BCUT2D eigenvalue weighted by molar-refractivity contribution is 0.138. The summed E-state index contributed by atoms with van der Waals surface area (Å²) in [5.74, 6) is 0. The van der Waals surface area contributed by atoms with Crippen LogP contribution in [0.25, 0.3) is 10.1 Å². The molecular weight excluding hydrogens is 252 g/mol. The number of aliphatic hydroxyl groups is 1. The summed E-state index contributed by atoms with van der Waals surface area (Å²) in [5, 5.41) is 13.6. The molecule has 1 atom stereocenters. The molecule has 1 aromatic carbocycles. The van der Waals surface area contributed by atoms with Gasteiger partial charge in [0.15, 0.2) is 0 Å². The van der Waals surface area contributed by atoms with E-state index in [1.807, 2.05) is 11.3 Å². The van der Waals surface area contributed by atoms with E-state index in [-0.39, 0.29) is 11.5 Å². The minimum Gasteiger partial charge on any atom is -0.389 e. The molecule has 1 aliphatic rings. The van der Waals surface area contributed by atoms with E-state index in [0.29, 0.717) is 0 Å². The molecule has 1 N–H and O–H groups in total. The smallest absolute Gasteiger partial charge is 0.0728 e. The van der Waals surface area contributed by atoms with Crippen molar-refractivity contribution in [2.24, 2.45) is 5.41 Å². The van der Waals surface area contributed by atoms with Crippen LogP contribution in [0.3, 0.4) is 0 Å². The second kappa shape index (κ2) is 4.77. The molecule has 1 nitrogen and oxygen atoms in total. The first kappa shape index (κ1) is 12.9. The summed E-state index contributed by atoms with van der Waals surface area (Å²) in [7, 11) is 0. The second-order valence-corrected chi connectivity index (χ2v) is 7.28. The first-order chi connectivity index (χ1) is 9.03. The first-order valence-electron chi connectivity index (χ1n) is 6.86. The molecule has 0 radical (unpaired) electrons. The first-order valence-corrected chi connectivity index (χ1v) is 7.74. The standard InChI is InChI=1S/C17H20OS/c1-17(2)9-12(8-14(18)10-17)7-13-11-19-16-6-4-3-5-15(13)16/h3-6,8,11,14,18H,7,9-10H2,1-2H3. The Labute approximate surface area is 118 Å². The van der Waals surface area contributed by atoms with E-state index >= 15 is 0 Å². The fourth-order valence-electron chi connectivity index (χ4n) is 3.18. The van der Waals surface area contributed by atoms with Gasteiger partial charge < -0.3 is 5.11 Å². The molecule has 0 bridgehead atoms. The predicted molar refractivity (Wildman–Crippen MR) is 82.6 cm³/mol. The van der Waals surface area contributed by atoms with E-state index in [2.05, 4.69) is 49.6 Å². The van der Waals surface area contributed by atoms with Gasteiger partial charge in [0.05, 0.1) is 6.10 Å². The van der Waals surface area contributed by atoms with Crippen LogP contribution >= 0.6 is 11.3 Å².